The fourth-order valence-electron chi connectivity index (χ4n) is 1.93. The predicted molar refractivity (Wildman–Crippen MR) is 87.3 cm³/mol. The summed E-state index contributed by atoms with van der Waals surface area (Å²) in [6, 6.07) is 13.8. The second kappa shape index (κ2) is 7.79. The van der Waals surface area contributed by atoms with Gasteiger partial charge in [0, 0.05) is 12.6 Å². The van der Waals surface area contributed by atoms with E-state index in [9.17, 15) is 9.59 Å². The van der Waals surface area contributed by atoms with Crippen molar-refractivity contribution in [1.82, 2.24) is 5.32 Å². The van der Waals surface area contributed by atoms with E-state index < -0.39 is 5.97 Å². The Morgan fingerprint density at radius 2 is 1.91 bits per heavy atom. The van der Waals surface area contributed by atoms with Crippen molar-refractivity contribution in [2.24, 2.45) is 0 Å². The minimum Gasteiger partial charge on any atom is -0.497 e. The summed E-state index contributed by atoms with van der Waals surface area (Å²) in [5.74, 6) is -0.469. The third kappa shape index (κ3) is 5.00. The van der Waals surface area contributed by atoms with Crippen LogP contribution in [0.1, 0.15) is 21.5 Å². The average molecular weight is 311 g/mol. The van der Waals surface area contributed by atoms with Crippen molar-refractivity contribution < 1.29 is 19.4 Å². The maximum absolute atomic E-state index is 11.8. The number of carbonyl (C=O) groups excluding carboxylic acids is 1. The zero-order chi connectivity index (χ0) is 16.7. The molecule has 0 radical (unpaired) electrons. The summed E-state index contributed by atoms with van der Waals surface area (Å²) >= 11 is 0. The summed E-state index contributed by atoms with van der Waals surface area (Å²) in [6.45, 7) is 0.335. The van der Waals surface area contributed by atoms with Crippen molar-refractivity contribution in [1.29, 1.82) is 0 Å². The van der Waals surface area contributed by atoms with Crippen LogP contribution in [0.15, 0.2) is 54.6 Å². The lowest BCUT2D eigenvalue weighted by molar-refractivity contribution is -0.116. The fraction of sp³-hybridized carbons (Fsp3) is 0.111. The lowest BCUT2D eigenvalue weighted by Gasteiger charge is -2.03. The molecule has 0 aliphatic heterocycles. The van der Waals surface area contributed by atoms with Crippen LogP contribution in [-0.4, -0.2) is 24.1 Å². The Morgan fingerprint density at radius 3 is 2.57 bits per heavy atom. The molecule has 0 saturated heterocycles. The van der Waals surface area contributed by atoms with E-state index in [4.69, 9.17) is 9.84 Å². The first-order chi connectivity index (χ1) is 11.1. The van der Waals surface area contributed by atoms with E-state index in [2.05, 4.69) is 5.32 Å². The van der Waals surface area contributed by atoms with Crippen molar-refractivity contribution in [3.8, 4) is 5.75 Å². The van der Waals surface area contributed by atoms with E-state index in [1.807, 2.05) is 24.3 Å². The standard InChI is InChI=1S/C18H17NO4/c1-23-16-4-2-3-13(11-16)7-10-17(20)19-12-14-5-8-15(9-6-14)18(21)22/h2-11H,12H2,1H3,(H,19,20)(H,21,22). The number of carbonyl (C=O) groups is 2. The van der Waals surface area contributed by atoms with Gasteiger partial charge in [-0.15, -0.1) is 0 Å². The number of hydrogen-bond donors (Lipinski definition) is 2. The monoisotopic (exact) mass is 311 g/mol. The number of aromatic carboxylic acids is 1. The Balaban J connectivity index is 1.89. The molecule has 0 bridgehead atoms. The molecule has 0 saturated carbocycles. The summed E-state index contributed by atoms with van der Waals surface area (Å²) < 4.78 is 5.12. The van der Waals surface area contributed by atoms with Crippen molar-refractivity contribution in [2.45, 2.75) is 6.54 Å². The number of carboxylic acid groups (broad SMARTS) is 1. The molecule has 2 aromatic rings. The molecule has 0 heterocycles. The van der Waals surface area contributed by atoms with Crippen LogP contribution in [0, 0.1) is 0 Å². The van der Waals surface area contributed by atoms with Gasteiger partial charge in [-0.2, -0.15) is 0 Å². The SMILES string of the molecule is COc1cccc(C=CC(=O)NCc2ccc(C(=O)O)cc2)c1. The second-order valence-corrected chi connectivity index (χ2v) is 4.83. The largest absolute Gasteiger partial charge is 0.497 e. The number of rotatable bonds is 6. The molecule has 0 aliphatic rings. The van der Waals surface area contributed by atoms with E-state index >= 15 is 0 Å². The van der Waals surface area contributed by atoms with Gasteiger partial charge in [-0.1, -0.05) is 24.3 Å². The molecular weight excluding hydrogens is 294 g/mol. The zero-order valence-corrected chi connectivity index (χ0v) is 12.7. The molecular formula is C18H17NO4. The maximum Gasteiger partial charge on any atom is 0.335 e. The van der Waals surface area contributed by atoms with Gasteiger partial charge >= 0.3 is 5.97 Å². The van der Waals surface area contributed by atoms with Crippen LogP contribution in [0.5, 0.6) is 5.75 Å². The first-order valence-electron chi connectivity index (χ1n) is 7.00. The van der Waals surface area contributed by atoms with Gasteiger partial charge in [0.1, 0.15) is 5.75 Å². The molecule has 0 aromatic heterocycles. The number of nitrogens with one attached hydrogen (secondary N) is 1. The second-order valence-electron chi connectivity index (χ2n) is 4.83. The first-order valence-corrected chi connectivity index (χ1v) is 7.00. The Hall–Kier alpha value is -3.08. The summed E-state index contributed by atoms with van der Waals surface area (Å²) in [6.07, 6.45) is 3.14. The summed E-state index contributed by atoms with van der Waals surface area (Å²) in [5.41, 5.74) is 1.92. The maximum atomic E-state index is 11.8. The van der Waals surface area contributed by atoms with E-state index in [-0.39, 0.29) is 11.5 Å². The number of benzene rings is 2. The Labute approximate surface area is 134 Å². The van der Waals surface area contributed by atoms with Crippen LogP contribution in [-0.2, 0) is 11.3 Å². The van der Waals surface area contributed by atoms with E-state index in [0.717, 1.165) is 16.9 Å². The van der Waals surface area contributed by atoms with Gasteiger partial charge in [-0.25, -0.2) is 4.79 Å². The molecule has 118 valence electrons. The predicted octanol–water partition coefficient (Wildman–Crippen LogP) is 2.72. The minimum absolute atomic E-state index is 0.220. The molecule has 0 unspecified atom stereocenters. The van der Waals surface area contributed by atoms with E-state index in [1.165, 1.54) is 18.2 Å². The average Bonchev–Trinajstić information content (AvgIpc) is 2.58. The third-order valence-corrected chi connectivity index (χ3v) is 3.19. The van der Waals surface area contributed by atoms with Crippen LogP contribution in [0.3, 0.4) is 0 Å². The smallest absolute Gasteiger partial charge is 0.335 e. The van der Waals surface area contributed by atoms with Gasteiger partial charge in [0.05, 0.1) is 12.7 Å². The fourth-order valence-corrected chi connectivity index (χ4v) is 1.93. The summed E-state index contributed by atoms with van der Waals surface area (Å²) in [4.78, 5) is 22.6. The lowest BCUT2D eigenvalue weighted by Crippen LogP contribution is -2.20. The number of amides is 1. The highest BCUT2D eigenvalue weighted by molar-refractivity contribution is 5.91. The highest BCUT2D eigenvalue weighted by atomic mass is 16.5. The third-order valence-electron chi connectivity index (χ3n) is 3.19. The highest BCUT2D eigenvalue weighted by Gasteiger charge is 2.02. The molecule has 2 rings (SSSR count). The molecule has 2 aromatic carbocycles. The van der Waals surface area contributed by atoms with Crippen molar-refractivity contribution in [3.63, 3.8) is 0 Å². The van der Waals surface area contributed by atoms with Crippen LogP contribution >= 0.6 is 0 Å². The van der Waals surface area contributed by atoms with E-state index in [0.29, 0.717) is 6.54 Å². The molecule has 23 heavy (non-hydrogen) atoms. The molecule has 5 heteroatoms. The number of hydrogen-bond acceptors (Lipinski definition) is 3. The van der Waals surface area contributed by atoms with Crippen molar-refractivity contribution in [2.75, 3.05) is 7.11 Å². The Bertz CT molecular complexity index is 720. The van der Waals surface area contributed by atoms with Crippen LogP contribution in [0.4, 0.5) is 0 Å². The molecule has 2 N–H and O–H groups in total. The van der Waals surface area contributed by atoms with Crippen molar-refractivity contribution in [3.05, 3.63) is 71.3 Å². The molecule has 0 fully saturated rings. The van der Waals surface area contributed by atoms with Crippen LogP contribution in [0.25, 0.3) is 6.08 Å². The normalized spacial score (nSPS) is 10.5. The first kappa shape index (κ1) is 16.3. The Kier molecular flexibility index (Phi) is 5.52. The number of ether oxygens (including phenoxy) is 1. The van der Waals surface area contributed by atoms with Gasteiger partial charge in [0.15, 0.2) is 0 Å². The molecule has 0 aliphatic carbocycles. The Morgan fingerprint density at radius 1 is 1.17 bits per heavy atom. The van der Waals surface area contributed by atoms with Gasteiger partial charge in [-0.3, -0.25) is 4.79 Å². The van der Waals surface area contributed by atoms with Gasteiger partial charge in [0.2, 0.25) is 5.91 Å². The lowest BCUT2D eigenvalue weighted by atomic mass is 10.1. The molecule has 0 atom stereocenters. The van der Waals surface area contributed by atoms with Crippen LogP contribution in [0.2, 0.25) is 0 Å². The van der Waals surface area contributed by atoms with Crippen molar-refractivity contribution >= 4 is 18.0 Å². The topological polar surface area (TPSA) is 75.6 Å². The summed E-state index contributed by atoms with van der Waals surface area (Å²) in [5, 5.41) is 11.6. The van der Waals surface area contributed by atoms with Crippen LogP contribution < -0.4 is 10.1 Å². The van der Waals surface area contributed by atoms with E-state index in [1.54, 1.807) is 25.3 Å². The molecule has 5 nitrogen and oxygen atoms in total. The van der Waals surface area contributed by atoms with Gasteiger partial charge in [0.25, 0.3) is 0 Å². The number of methoxy groups -OCH3 is 1. The van der Waals surface area contributed by atoms with Gasteiger partial charge in [-0.05, 0) is 41.5 Å². The molecule has 1 amide bonds. The summed E-state index contributed by atoms with van der Waals surface area (Å²) in [7, 11) is 1.59. The van der Waals surface area contributed by atoms with Gasteiger partial charge < -0.3 is 15.2 Å². The zero-order valence-electron chi connectivity index (χ0n) is 12.7. The minimum atomic E-state index is -0.971. The number of carboxylic acids is 1. The quantitative estimate of drug-likeness (QED) is 0.804. The molecule has 0 spiro atoms. The highest BCUT2D eigenvalue weighted by Crippen LogP contribution is 2.13.